The van der Waals surface area contributed by atoms with Gasteiger partial charge in [0.15, 0.2) is 5.84 Å². The number of carbonyl (C=O) groups excluding carboxylic acids is 1. The summed E-state index contributed by atoms with van der Waals surface area (Å²) < 4.78 is 0. The number of nitrogens with one attached hydrogen (secondary N) is 1. The molecule has 0 aromatic heterocycles. The van der Waals surface area contributed by atoms with Crippen LogP contribution < -0.4 is 11.1 Å². The minimum absolute atomic E-state index is 0.0550. The van der Waals surface area contributed by atoms with E-state index in [1.807, 2.05) is 0 Å². The minimum Gasteiger partial charge on any atom is -0.409 e. The molecule has 0 radical (unpaired) electrons. The Morgan fingerprint density at radius 1 is 1.39 bits per heavy atom. The fourth-order valence-corrected chi connectivity index (χ4v) is 3.84. The zero-order valence-corrected chi connectivity index (χ0v) is 10.6. The van der Waals surface area contributed by atoms with Gasteiger partial charge in [-0.25, -0.2) is 0 Å². The van der Waals surface area contributed by atoms with E-state index in [2.05, 4.69) is 10.5 Å². The normalized spacial score (nSPS) is 36.7. The van der Waals surface area contributed by atoms with Crippen LogP contribution in [0.4, 0.5) is 0 Å². The molecule has 3 aliphatic carbocycles. The van der Waals surface area contributed by atoms with Crippen molar-refractivity contribution in [2.45, 2.75) is 38.5 Å². The van der Waals surface area contributed by atoms with Crippen molar-refractivity contribution < 1.29 is 10.0 Å². The van der Waals surface area contributed by atoms with Crippen LogP contribution in [0.2, 0.25) is 0 Å². The van der Waals surface area contributed by atoms with Gasteiger partial charge in [-0.3, -0.25) is 4.79 Å². The molecule has 4 N–H and O–H groups in total. The van der Waals surface area contributed by atoms with Gasteiger partial charge in [-0.05, 0) is 49.9 Å². The molecule has 3 fully saturated rings. The average Bonchev–Trinajstić information content (AvgIpc) is 2.95. The summed E-state index contributed by atoms with van der Waals surface area (Å²) >= 11 is 0. The molecule has 2 bridgehead atoms. The van der Waals surface area contributed by atoms with E-state index >= 15 is 0 Å². The maximum absolute atomic E-state index is 12.1. The molecule has 0 spiro atoms. The summed E-state index contributed by atoms with van der Waals surface area (Å²) in [6.45, 7) is 0.764. The van der Waals surface area contributed by atoms with E-state index in [9.17, 15) is 4.79 Å². The molecule has 0 aromatic rings. The first kappa shape index (κ1) is 11.8. The molecule has 3 saturated carbocycles. The van der Waals surface area contributed by atoms with E-state index in [1.165, 1.54) is 25.7 Å². The molecule has 0 aliphatic heterocycles. The smallest absolute Gasteiger partial charge is 0.233 e. The molecule has 0 aromatic carbocycles. The van der Waals surface area contributed by atoms with Gasteiger partial charge < -0.3 is 16.3 Å². The predicted molar refractivity (Wildman–Crippen MR) is 67.0 cm³/mol. The van der Waals surface area contributed by atoms with Crippen LogP contribution in [0.25, 0.3) is 0 Å². The van der Waals surface area contributed by atoms with Crippen LogP contribution >= 0.6 is 0 Å². The molecule has 18 heavy (non-hydrogen) atoms. The Hall–Kier alpha value is -1.26. The van der Waals surface area contributed by atoms with Crippen molar-refractivity contribution in [1.29, 1.82) is 0 Å². The van der Waals surface area contributed by atoms with Crippen LogP contribution in [0.1, 0.15) is 38.5 Å². The van der Waals surface area contributed by atoms with Crippen molar-refractivity contribution in [3.05, 3.63) is 0 Å². The summed E-state index contributed by atoms with van der Waals surface area (Å²) in [5, 5.41) is 14.7. The number of hydrogen-bond donors (Lipinski definition) is 3. The first-order valence-electron chi connectivity index (χ1n) is 6.92. The molecule has 5 nitrogen and oxygen atoms in total. The lowest BCUT2D eigenvalue weighted by Crippen LogP contribution is -2.42. The molecule has 3 aliphatic rings. The lowest BCUT2D eigenvalue weighted by Gasteiger charge is -2.23. The van der Waals surface area contributed by atoms with Gasteiger partial charge in [0, 0.05) is 6.54 Å². The standard InChI is InChI=1S/C13H21N3O2/c14-11(16-18)13(3-4-13)12(17)15-7-10-6-8-1-2-9(10)5-8/h8-10,18H,1-7H2,(H2,14,16)(H,15,17). The maximum Gasteiger partial charge on any atom is 0.233 e. The van der Waals surface area contributed by atoms with Crippen molar-refractivity contribution in [2.75, 3.05) is 6.54 Å². The lowest BCUT2D eigenvalue weighted by atomic mass is 9.88. The first-order valence-corrected chi connectivity index (χ1v) is 6.92. The van der Waals surface area contributed by atoms with Crippen molar-refractivity contribution in [2.24, 2.45) is 34.1 Å². The second-order valence-electron chi connectivity index (χ2n) is 6.21. The summed E-state index contributed by atoms with van der Waals surface area (Å²) in [6, 6.07) is 0. The molecule has 0 heterocycles. The van der Waals surface area contributed by atoms with Crippen molar-refractivity contribution >= 4 is 11.7 Å². The SMILES string of the molecule is NC(=NO)C1(C(=O)NCC2CC3CCC2C3)CC1. The van der Waals surface area contributed by atoms with Crippen molar-refractivity contribution in [3.63, 3.8) is 0 Å². The van der Waals surface area contributed by atoms with Crippen molar-refractivity contribution in [1.82, 2.24) is 5.32 Å². The fourth-order valence-electron chi connectivity index (χ4n) is 3.84. The molecule has 0 saturated heterocycles. The average molecular weight is 251 g/mol. The van der Waals surface area contributed by atoms with Crippen molar-refractivity contribution in [3.8, 4) is 0 Å². The Balaban J connectivity index is 1.53. The molecule has 3 rings (SSSR count). The van der Waals surface area contributed by atoms with Crippen LogP contribution in [0.5, 0.6) is 0 Å². The highest BCUT2D eigenvalue weighted by molar-refractivity contribution is 6.09. The number of rotatable bonds is 4. The maximum atomic E-state index is 12.1. The monoisotopic (exact) mass is 251 g/mol. The van der Waals surface area contributed by atoms with Gasteiger partial charge in [0.2, 0.25) is 5.91 Å². The largest absolute Gasteiger partial charge is 0.409 e. The molecular weight excluding hydrogens is 230 g/mol. The van der Waals surface area contributed by atoms with Gasteiger partial charge in [0.25, 0.3) is 0 Å². The van der Waals surface area contributed by atoms with E-state index in [-0.39, 0.29) is 11.7 Å². The van der Waals surface area contributed by atoms with E-state index in [0.29, 0.717) is 18.8 Å². The third kappa shape index (κ3) is 1.76. The number of carbonyl (C=O) groups is 1. The Morgan fingerprint density at radius 2 is 2.17 bits per heavy atom. The molecule has 3 unspecified atom stereocenters. The number of hydrogen-bond acceptors (Lipinski definition) is 3. The molecule has 1 amide bonds. The summed E-state index contributed by atoms with van der Waals surface area (Å²) in [4.78, 5) is 12.1. The van der Waals surface area contributed by atoms with Crippen LogP contribution in [-0.2, 0) is 4.79 Å². The summed E-state index contributed by atoms with van der Waals surface area (Å²) in [6.07, 6.45) is 6.73. The Bertz CT molecular complexity index is 390. The Kier molecular flexibility index (Phi) is 2.72. The zero-order chi connectivity index (χ0) is 12.8. The topological polar surface area (TPSA) is 87.7 Å². The van der Waals surface area contributed by atoms with E-state index in [1.54, 1.807) is 0 Å². The molecular formula is C13H21N3O2. The molecule has 3 atom stereocenters. The second-order valence-corrected chi connectivity index (χ2v) is 6.21. The number of fused-ring (bicyclic) bond motifs is 2. The highest BCUT2D eigenvalue weighted by Crippen LogP contribution is 2.49. The second kappa shape index (κ2) is 4.14. The Labute approximate surface area is 107 Å². The summed E-state index contributed by atoms with van der Waals surface area (Å²) in [5.74, 6) is 2.37. The van der Waals surface area contributed by atoms with Gasteiger partial charge in [-0.1, -0.05) is 11.6 Å². The fraction of sp³-hybridized carbons (Fsp3) is 0.846. The number of amidine groups is 1. The Morgan fingerprint density at radius 3 is 2.67 bits per heavy atom. The predicted octanol–water partition coefficient (Wildman–Crippen LogP) is 1.07. The van der Waals surface area contributed by atoms with Gasteiger partial charge in [-0.15, -0.1) is 0 Å². The van der Waals surface area contributed by atoms with Crippen LogP contribution in [0.3, 0.4) is 0 Å². The quantitative estimate of drug-likeness (QED) is 0.302. The van der Waals surface area contributed by atoms with Gasteiger partial charge in [0.05, 0.1) is 0 Å². The van der Waals surface area contributed by atoms with E-state index in [0.717, 1.165) is 18.4 Å². The number of amides is 1. The van der Waals surface area contributed by atoms with Crippen LogP contribution in [0.15, 0.2) is 5.16 Å². The van der Waals surface area contributed by atoms with Gasteiger partial charge in [-0.2, -0.15) is 0 Å². The number of nitrogens with two attached hydrogens (primary N) is 1. The number of nitrogens with zero attached hydrogens (tertiary/aromatic N) is 1. The van der Waals surface area contributed by atoms with E-state index < -0.39 is 5.41 Å². The van der Waals surface area contributed by atoms with Gasteiger partial charge in [0.1, 0.15) is 5.41 Å². The summed E-state index contributed by atoms with van der Waals surface area (Å²) in [5.41, 5.74) is 4.90. The minimum atomic E-state index is -0.702. The van der Waals surface area contributed by atoms with Crippen LogP contribution in [0, 0.1) is 23.2 Å². The highest BCUT2D eigenvalue weighted by atomic mass is 16.4. The first-order chi connectivity index (χ1) is 8.65. The third-order valence-corrected chi connectivity index (χ3v) is 5.19. The third-order valence-electron chi connectivity index (χ3n) is 5.19. The zero-order valence-electron chi connectivity index (χ0n) is 10.6. The molecule has 100 valence electrons. The van der Waals surface area contributed by atoms with Crippen LogP contribution in [-0.4, -0.2) is 23.5 Å². The van der Waals surface area contributed by atoms with E-state index in [4.69, 9.17) is 10.9 Å². The summed E-state index contributed by atoms with van der Waals surface area (Å²) in [7, 11) is 0. The molecule has 5 heteroatoms. The lowest BCUT2D eigenvalue weighted by molar-refractivity contribution is -0.124. The van der Waals surface area contributed by atoms with Gasteiger partial charge >= 0.3 is 0 Å². The number of oxime groups is 1. The highest BCUT2D eigenvalue weighted by Gasteiger charge is 2.54.